The number of carbonyl (C=O) groups excluding carboxylic acids is 3. The Morgan fingerprint density at radius 1 is 1.28 bits per heavy atom. The number of esters is 1. The molecule has 0 spiro atoms. The molecule has 4 aliphatic rings. The predicted octanol–water partition coefficient (Wildman–Crippen LogP) is 3.90. The molecule has 1 N–H and O–H groups in total. The van der Waals surface area contributed by atoms with E-state index in [2.05, 4.69) is 17.8 Å². The summed E-state index contributed by atoms with van der Waals surface area (Å²) in [7, 11) is 0. The number of hydrogen-bond acceptors (Lipinski definition) is 7. The summed E-state index contributed by atoms with van der Waals surface area (Å²) in [4.78, 5) is 38.2. The number of ether oxygens (including phenoxy) is 1. The van der Waals surface area contributed by atoms with Gasteiger partial charge in [0.25, 0.3) is 0 Å². The fraction of sp³-hybridized carbons (Fsp3) is 0.615. The lowest BCUT2D eigenvalue weighted by atomic mass is 9.44. The number of rotatable bonds is 3. The van der Waals surface area contributed by atoms with Gasteiger partial charge >= 0.3 is 5.97 Å². The number of aliphatic hydroxyl groups is 1. The standard InChI is InChI=1S/C26H29F2NO6S/c1-12-7-15-16-10-18(27)17-9-14(30)5-6-23(17,3)25(16,28)20(31)11-24(15,4)26(12,22(33)36)34-21(32)19-8-13(2)29-35-19/h5-6,8-9,12,15-16,18,20,31H,7,10-11H2,1-4H3,(H,33,36)/t12-,15+,16+,18+,20+,23+,24+,25+,26+/m1/s1. The van der Waals surface area contributed by atoms with Crippen LogP contribution in [-0.4, -0.2) is 50.7 Å². The molecule has 9 atom stereocenters. The van der Waals surface area contributed by atoms with E-state index in [4.69, 9.17) is 9.26 Å². The maximum absolute atomic E-state index is 17.3. The number of fused-ring (bicyclic) bond motifs is 5. The van der Waals surface area contributed by atoms with Crippen LogP contribution in [-0.2, 0) is 14.3 Å². The van der Waals surface area contributed by atoms with Crippen LogP contribution in [0.25, 0.3) is 0 Å². The summed E-state index contributed by atoms with van der Waals surface area (Å²) in [6.45, 7) is 6.53. The smallest absolute Gasteiger partial charge is 0.378 e. The quantitative estimate of drug-likeness (QED) is 0.459. The van der Waals surface area contributed by atoms with Gasteiger partial charge in [0.1, 0.15) is 6.17 Å². The van der Waals surface area contributed by atoms with Gasteiger partial charge in [0.15, 0.2) is 17.1 Å². The van der Waals surface area contributed by atoms with Crippen LogP contribution >= 0.6 is 12.6 Å². The fourth-order valence-corrected chi connectivity index (χ4v) is 8.42. The second kappa shape index (κ2) is 7.84. The number of halogens is 2. The third kappa shape index (κ3) is 2.94. The minimum Gasteiger partial charge on any atom is -0.443 e. The zero-order valence-electron chi connectivity index (χ0n) is 20.5. The van der Waals surface area contributed by atoms with Crippen LogP contribution in [0.5, 0.6) is 0 Å². The van der Waals surface area contributed by atoms with Crippen molar-refractivity contribution in [3.63, 3.8) is 0 Å². The maximum atomic E-state index is 17.3. The molecule has 0 saturated heterocycles. The Morgan fingerprint density at radius 2 is 1.97 bits per heavy atom. The zero-order valence-corrected chi connectivity index (χ0v) is 21.4. The number of carbonyl (C=O) groups is 3. The van der Waals surface area contributed by atoms with Crippen LogP contribution in [0.1, 0.15) is 56.3 Å². The van der Waals surface area contributed by atoms with E-state index in [1.807, 2.05) is 0 Å². The minimum atomic E-state index is -2.30. The molecule has 0 aromatic carbocycles. The van der Waals surface area contributed by atoms with Crippen molar-refractivity contribution in [2.24, 2.45) is 28.6 Å². The van der Waals surface area contributed by atoms with E-state index in [0.29, 0.717) is 5.69 Å². The number of ketones is 1. The van der Waals surface area contributed by atoms with Gasteiger partial charge in [-0.25, -0.2) is 13.6 Å². The van der Waals surface area contributed by atoms with Crippen molar-refractivity contribution in [2.75, 3.05) is 0 Å². The molecular formula is C26H29F2NO6S. The van der Waals surface area contributed by atoms with E-state index in [1.165, 1.54) is 25.1 Å². The molecule has 0 unspecified atom stereocenters. The summed E-state index contributed by atoms with van der Waals surface area (Å²) in [6.07, 6.45) is 0.204. The van der Waals surface area contributed by atoms with Gasteiger partial charge in [0.2, 0.25) is 10.9 Å². The van der Waals surface area contributed by atoms with Crippen molar-refractivity contribution >= 4 is 29.5 Å². The van der Waals surface area contributed by atoms with Crippen LogP contribution in [0.3, 0.4) is 0 Å². The molecule has 3 fully saturated rings. The molecule has 0 bridgehead atoms. The third-order valence-electron chi connectivity index (χ3n) is 9.57. The van der Waals surface area contributed by atoms with Crippen molar-refractivity contribution in [1.82, 2.24) is 5.16 Å². The highest BCUT2D eigenvalue weighted by Gasteiger charge is 2.78. The first kappa shape index (κ1) is 25.3. The van der Waals surface area contributed by atoms with Crippen molar-refractivity contribution in [2.45, 2.75) is 70.5 Å². The van der Waals surface area contributed by atoms with E-state index >= 15 is 8.78 Å². The average Bonchev–Trinajstić information content (AvgIpc) is 3.32. The topological polar surface area (TPSA) is 107 Å². The Labute approximate surface area is 212 Å². The lowest BCUT2D eigenvalue weighted by molar-refractivity contribution is -0.221. The highest BCUT2D eigenvalue weighted by Crippen LogP contribution is 2.71. The lowest BCUT2D eigenvalue weighted by Crippen LogP contribution is -2.70. The van der Waals surface area contributed by atoms with Crippen LogP contribution in [0.4, 0.5) is 8.78 Å². The van der Waals surface area contributed by atoms with Gasteiger partial charge in [-0.2, -0.15) is 0 Å². The lowest BCUT2D eigenvalue weighted by Gasteiger charge is -2.63. The van der Waals surface area contributed by atoms with Gasteiger partial charge < -0.3 is 14.4 Å². The molecule has 0 radical (unpaired) electrons. The predicted molar refractivity (Wildman–Crippen MR) is 127 cm³/mol. The molecule has 4 aliphatic carbocycles. The average molecular weight is 522 g/mol. The number of aliphatic hydroxyl groups excluding tert-OH is 1. The summed E-state index contributed by atoms with van der Waals surface area (Å²) in [5, 5.41) is 14.4. The van der Waals surface area contributed by atoms with Gasteiger partial charge in [-0.15, -0.1) is 12.6 Å². The first-order valence-electron chi connectivity index (χ1n) is 12.1. The van der Waals surface area contributed by atoms with Crippen LogP contribution in [0.2, 0.25) is 0 Å². The Hall–Kier alpha value is -2.33. The normalized spacial score (nSPS) is 45.4. The molecule has 194 valence electrons. The molecule has 7 nitrogen and oxygen atoms in total. The van der Waals surface area contributed by atoms with E-state index < -0.39 is 69.0 Å². The van der Waals surface area contributed by atoms with E-state index in [1.54, 1.807) is 20.8 Å². The molecule has 1 heterocycles. The molecule has 10 heteroatoms. The molecule has 3 saturated carbocycles. The summed E-state index contributed by atoms with van der Waals surface area (Å²) in [5.74, 6) is -3.78. The van der Waals surface area contributed by atoms with Crippen molar-refractivity contribution in [3.05, 3.63) is 41.3 Å². The van der Waals surface area contributed by atoms with Crippen LogP contribution < -0.4 is 0 Å². The largest absolute Gasteiger partial charge is 0.443 e. The van der Waals surface area contributed by atoms with Crippen LogP contribution in [0, 0.1) is 35.5 Å². The van der Waals surface area contributed by atoms with E-state index in [9.17, 15) is 19.5 Å². The molecule has 0 aliphatic heterocycles. The second-order valence-corrected chi connectivity index (χ2v) is 11.7. The third-order valence-corrected chi connectivity index (χ3v) is 9.90. The summed E-state index contributed by atoms with van der Waals surface area (Å²) < 4.78 is 43.8. The van der Waals surface area contributed by atoms with Crippen molar-refractivity contribution < 1.29 is 37.5 Å². The summed E-state index contributed by atoms with van der Waals surface area (Å²) in [6, 6.07) is 1.38. The number of aromatic nitrogens is 1. The van der Waals surface area contributed by atoms with Crippen molar-refractivity contribution in [1.29, 1.82) is 0 Å². The highest BCUT2D eigenvalue weighted by molar-refractivity contribution is 7.96. The van der Waals surface area contributed by atoms with E-state index in [0.717, 1.165) is 6.08 Å². The van der Waals surface area contributed by atoms with Crippen molar-refractivity contribution in [3.8, 4) is 0 Å². The van der Waals surface area contributed by atoms with Gasteiger partial charge in [-0.3, -0.25) is 9.59 Å². The molecule has 0 amide bonds. The number of nitrogens with zero attached hydrogens (tertiary/aromatic N) is 1. The summed E-state index contributed by atoms with van der Waals surface area (Å²) >= 11 is 4.12. The Balaban J connectivity index is 1.61. The number of allylic oxidation sites excluding steroid dienone is 4. The molecule has 36 heavy (non-hydrogen) atoms. The first-order valence-corrected chi connectivity index (χ1v) is 12.5. The monoisotopic (exact) mass is 521 g/mol. The summed E-state index contributed by atoms with van der Waals surface area (Å²) in [5.41, 5.74) is -6.45. The first-order chi connectivity index (χ1) is 16.7. The Bertz CT molecular complexity index is 1230. The number of hydrogen-bond donors (Lipinski definition) is 2. The SMILES string of the molecule is Cc1cc(C(=O)O[C@]2(C(=O)S)[C@H](C)C[C@H]3[C@@H]4C[C@H](F)C5=CC(=O)C=C[C@]5(C)[C@@]4(F)[C@@H](O)C[C@@]32C)on1. The number of alkyl halides is 2. The van der Waals surface area contributed by atoms with Gasteiger partial charge in [-0.05, 0) is 56.8 Å². The Morgan fingerprint density at radius 3 is 2.58 bits per heavy atom. The number of thiol groups is 1. The maximum Gasteiger partial charge on any atom is 0.378 e. The second-order valence-electron chi connectivity index (χ2n) is 11.3. The Kier molecular flexibility index (Phi) is 5.51. The molecular weight excluding hydrogens is 492 g/mol. The number of aryl methyl sites for hydroxylation is 1. The van der Waals surface area contributed by atoms with E-state index in [-0.39, 0.29) is 30.6 Å². The molecule has 5 rings (SSSR count). The van der Waals surface area contributed by atoms with Crippen LogP contribution in [0.15, 0.2) is 34.4 Å². The van der Waals surface area contributed by atoms with Gasteiger partial charge in [0, 0.05) is 28.7 Å². The van der Waals surface area contributed by atoms with Gasteiger partial charge in [-0.1, -0.05) is 25.1 Å². The highest BCUT2D eigenvalue weighted by atomic mass is 32.1. The zero-order chi connectivity index (χ0) is 26.4. The van der Waals surface area contributed by atoms with Gasteiger partial charge in [0.05, 0.1) is 11.8 Å². The fourth-order valence-electron chi connectivity index (χ4n) is 7.90. The minimum absolute atomic E-state index is 0.0195. The molecule has 1 aromatic heterocycles. The molecule has 1 aromatic rings.